The summed E-state index contributed by atoms with van der Waals surface area (Å²) in [5.41, 5.74) is 0. The van der Waals surface area contributed by atoms with Gasteiger partial charge in [-0.2, -0.15) is 0 Å². The van der Waals surface area contributed by atoms with Crippen molar-refractivity contribution in [2.24, 2.45) is 0 Å². The van der Waals surface area contributed by atoms with E-state index in [1.165, 1.54) is 11.3 Å². The quantitative estimate of drug-likeness (QED) is 0.648. The maximum atomic E-state index is 12.2. The summed E-state index contributed by atoms with van der Waals surface area (Å²) in [6.45, 7) is 3.80. The second-order valence-corrected chi connectivity index (χ2v) is 7.19. The number of hydrogen-bond donors (Lipinski definition) is 1. The van der Waals surface area contributed by atoms with Crippen LogP contribution in [0.1, 0.15) is 38.1 Å². The van der Waals surface area contributed by atoms with E-state index >= 15 is 0 Å². The molecule has 2 aromatic rings. The third kappa shape index (κ3) is 5.61. The summed E-state index contributed by atoms with van der Waals surface area (Å²) in [6.07, 6.45) is 3.55. The number of aryl methyl sites for hydroxylation is 1. The van der Waals surface area contributed by atoms with E-state index in [2.05, 4.69) is 22.4 Å². The predicted octanol–water partition coefficient (Wildman–Crippen LogP) is 4.98. The molecule has 0 saturated carbocycles. The highest BCUT2D eigenvalue weighted by Gasteiger charge is 2.18. The number of carbonyl (C=O) groups excluding carboxylic acids is 1. The molecule has 0 radical (unpaired) electrons. The fourth-order valence-corrected chi connectivity index (χ4v) is 3.19. The number of amides is 1. The summed E-state index contributed by atoms with van der Waals surface area (Å²) < 4.78 is 5.57. The Morgan fingerprint density at radius 3 is 2.83 bits per heavy atom. The van der Waals surface area contributed by atoms with Gasteiger partial charge in [-0.1, -0.05) is 54.3 Å². The minimum absolute atomic E-state index is 0.308. The van der Waals surface area contributed by atoms with Crippen LogP contribution in [0.4, 0.5) is 5.13 Å². The highest BCUT2D eigenvalue weighted by molar-refractivity contribution is 7.15. The molecule has 0 aliphatic rings. The molecule has 130 valence electrons. The van der Waals surface area contributed by atoms with Crippen LogP contribution in [-0.2, 0) is 11.2 Å². The van der Waals surface area contributed by atoms with E-state index in [-0.39, 0.29) is 5.91 Å². The summed E-state index contributed by atoms with van der Waals surface area (Å²) in [7, 11) is 0. The molecule has 0 aliphatic carbocycles. The van der Waals surface area contributed by atoms with Crippen LogP contribution in [0.5, 0.6) is 5.75 Å². The maximum Gasteiger partial charge on any atom is 0.266 e. The number of nitrogens with one attached hydrogen (secondary N) is 1. The molecule has 2 rings (SSSR count). The number of unbranched alkanes of at least 4 members (excludes halogenated alkanes) is 2. The third-order valence-electron chi connectivity index (χ3n) is 3.26. The van der Waals surface area contributed by atoms with E-state index in [1.807, 2.05) is 0 Å². The summed E-state index contributed by atoms with van der Waals surface area (Å²) >= 11 is 13.3. The minimum atomic E-state index is -0.726. The molecule has 1 atom stereocenters. The topological polar surface area (TPSA) is 64.1 Å². The van der Waals surface area contributed by atoms with E-state index in [1.54, 1.807) is 25.1 Å². The van der Waals surface area contributed by atoms with Crippen molar-refractivity contribution in [2.75, 3.05) is 5.32 Å². The van der Waals surface area contributed by atoms with Crippen molar-refractivity contribution in [3.63, 3.8) is 0 Å². The number of hydrogen-bond acceptors (Lipinski definition) is 5. The lowest BCUT2D eigenvalue weighted by Gasteiger charge is -2.14. The van der Waals surface area contributed by atoms with Crippen molar-refractivity contribution in [1.82, 2.24) is 10.2 Å². The Labute approximate surface area is 155 Å². The van der Waals surface area contributed by atoms with Gasteiger partial charge in [0.2, 0.25) is 5.13 Å². The molecule has 1 amide bonds. The first-order valence-corrected chi connectivity index (χ1v) is 9.31. The molecule has 0 saturated heterocycles. The molecule has 0 spiro atoms. The number of rotatable bonds is 8. The Balaban J connectivity index is 1.89. The molecule has 1 aromatic carbocycles. The molecular formula is C16H19Cl2N3O2S. The lowest BCUT2D eigenvalue weighted by atomic mass is 10.2. The highest BCUT2D eigenvalue weighted by atomic mass is 35.5. The number of nitrogens with zero attached hydrogens (tertiary/aromatic N) is 2. The summed E-state index contributed by atoms with van der Waals surface area (Å²) in [5.74, 6) is 0.0958. The monoisotopic (exact) mass is 387 g/mol. The van der Waals surface area contributed by atoms with Crippen LogP contribution in [0.15, 0.2) is 18.2 Å². The molecule has 1 unspecified atom stereocenters. The third-order valence-corrected chi connectivity index (χ3v) is 4.69. The van der Waals surface area contributed by atoms with Gasteiger partial charge in [0.05, 0.1) is 5.02 Å². The van der Waals surface area contributed by atoms with E-state index in [0.717, 1.165) is 30.7 Å². The first-order chi connectivity index (χ1) is 11.5. The number of aromatic nitrogens is 2. The largest absolute Gasteiger partial charge is 0.479 e. The Bertz CT molecular complexity index is 694. The van der Waals surface area contributed by atoms with Gasteiger partial charge < -0.3 is 4.74 Å². The maximum absolute atomic E-state index is 12.2. The number of halogens is 2. The van der Waals surface area contributed by atoms with Crippen LogP contribution in [-0.4, -0.2) is 22.2 Å². The highest BCUT2D eigenvalue weighted by Crippen LogP contribution is 2.28. The van der Waals surface area contributed by atoms with Gasteiger partial charge in [-0.3, -0.25) is 10.1 Å². The van der Waals surface area contributed by atoms with Gasteiger partial charge in [0.15, 0.2) is 6.10 Å². The van der Waals surface area contributed by atoms with Crippen molar-refractivity contribution in [1.29, 1.82) is 0 Å². The van der Waals surface area contributed by atoms with Crippen LogP contribution in [0.2, 0.25) is 10.0 Å². The number of ether oxygens (including phenoxy) is 1. The van der Waals surface area contributed by atoms with E-state index in [9.17, 15) is 4.79 Å². The van der Waals surface area contributed by atoms with Gasteiger partial charge in [-0.15, -0.1) is 10.2 Å². The van der Waals surface area contributed by atoms with Crippen molar-refractivity contribution in [2.45, 2.75) is 45.6 Å². The smallest absolute Gasteiger partial charge is 0.266 e. The zero-order chi connectivity index (χ0) is 17.5. The van der Waals surface area contributed by atoms with Crippen molar-refractivity contribution < 1.29 is 9.53 Å². The van der Waals surface area contributed by atoms with Gasteiger partial charge in [-0.25, -0.2) is 0 Å². The van der Waals surface area contributed by atoms with Gasteiger partial charge in [-0.05, 0) is 31.5 Å². The molecule has 5 nitrogen and oxygen atoms in total. The summed E-state index contributed by atoms with van der Waals surface area (Å²) in [6, 6.07) is 4.85. The fraction of sp³-hybridized carbons (Fsp3) is 0.438. The normalized spacial score (nSPS) is 12.0. The average Bonchev–Trinajstić information content (AvgIpc) is 2.97. The van der Waals surface area contributed by atoms with Crippen LogP contribution in [0, 0.1) is 0 Å². The molecule has 0 bridgehead atoms. The van der Waals surface area contributed by atoms with E-state index in [0.29, 0.717) is 20.9 Å². The molecule has 1 N–H and O–H groups in total. The Morgan fingerprint density at radius 2 is 2.12 bits per heavy atom. The van der Waals surface area contributed by atoms with Crippen LogP contribution in [0.3, 0.4) is 0 Å². The second-order valence-electron chi connectivity index (χ2n) is 5.28. The second kappa shape index (κ2) is 9.20. The fourth-order valence-electron chi connectivity index (χ4n) is 1.95. The summed E-state index contributed by atoms with van der Waals surface area (Å²) in [4.78, 5) is 12.2. The van der Waals surface area contributed by atoms with E-state index < -0.39 is 6.10 Å². The Morgan fingerprint density at radius 1 is 1.33 bits per heavy atom. The first-order valence-electron chi connectivity index (χ1n) is 7.74. The number of benzene rings is 1. The Hall–Kier alpha value is -1.37. The molecule has 1 heterocycles. The molecule has 0 aliphatic heterocycles. The van der Waals surface area contributed by atoms with Crippen LogP contribution in [0.25, 0.3) is 0 Å². The Kier molecular flexibility index (Phi) is 7.27. The van der Waals surface area contributed by atoms with Crippen LogP contribution >= 0.6 is 34.5 Å². The zero-order valence-electron chi connectivity index (χ0n) is 13.5. The van der Waals surface area contributed by atoms with Crippen LogP contribution < -0.4 is 10.1 Å². The molecule has 0 fully saturated rings. The lowest BCUT2D eigenvalue weighted by molar-refractivity contribution is -0.122. The average molecular weight is 388 g/mol. The lowest BCUT2D eigenvalue weighted by Crippen LogP contribution is -2.30. The van der Waals surface area contributed by atoms with Gasteiger partial charge in [0.25, 0.3) is 5.91 Å². The summed E-state index contributed by atoms with van der Waals surface area (Å²) in [5, 5.41) is 13.1. The SMILES string of the molecule is CCCCCc1nnc(NC(=O)C(C)Oc2ccc(Cl)cc2Cl)s1. The minimum Gasteiger partial charge on any atom is -0.479 e. The zero-order valence-corrected chi connectivity index (χ0v) is 15.8. The van der Waals surface area contributed by atoms with Gasteiger partial charge in [0, 0.05) is 11.4 Å². The number of carbonyl (C=O) groups is 1. The van der Waals surface area contributed by atoms with E-state index in [4.69, 9.17) is 27.9 Å². The first kappa shape index (κ1) is 19.0. The number of anilines is 1. The van der Waals surface area contributed by atoms with Crippen molar-refractivity contribution >= 4 is 45.6 Å². The molecular weight excluding hydrogens is 369 g/mol. The van der Waals surface area contributed by atoms with Crippen molar-refractivity contribution in [3.8, 4) is 5.75 Å². The molecule has 24 heavy (non-hydrogen) atoms. The van der Waals surface area contributed by atoms with Crippen molar-refractivity contribution in [3.05, 3.63) is 33.3 Å². The predicted molar refractivity (Wildman–Crippen MR) is 98.3 cm³/mol. The van der Waals surface area contributed by atoms with Gasteiger partial charge >= 0.3 is 0 Å². The van der Waals surface area contributed by atoms with Gasteiger partial charge in [0.1, 0.15) is 10.8 Å². The molecule has 1 aromatic heterocycles. The standard InChI is InChI=1S/C16H19Cl2N3O2S/c1-3-4-5-6-14-20-21-16(24-14)19-15(22)10(2)23-13-8-7-11(17)9-12(13)18/h7-10H,3-6H2,1-2H3,(H,19,21,22). The molecule has 8 heteroatoms.